The minimum Gasteiger partial charge on any atom is -0.325 e. The zero-order chi connectivity index (χ0) is 19.7. The first-order valence-corrected chi connectivity index (χ1v) is 9.73. The smallest absolute Gasteiger partial charge is 0.107 e. The first kappa shape index (κ1) is 19.0. The summed E-state index contributed by atoms with van der Waals surface area (Å²) in [7, 11) is 0. The van der Waals surface area contributed by atoms with Gasteiger partial charge in [0, 0.05) is 23.8 Å². The summed E-state index contributed by atoms with van der Waals surface area (Å²) < 4.78 is 0. The maximum absolute atomic E-state index is 9.14. The number of nitrogens with zero attached hydrogens (tertiary/aromatic N) is 3. The van der Waals surface area contributed by atoms with Crippen molar-refractivity contribution in [1.29, 1.82) is 5.26 Å². The second-order valence-corrected chi connectivity index (χ2v) is 7.95. The number of hydrogen-bond donors (Lipinski definition) is 0. The lowest BCUT2D eigenvalue weighted by Crippen LogP contribution is -2.37. The van der Waals surface area contributed by atoms with Crippen LogP contribution in [0.2, 0.25) is 0 Å². The normalized spacial score (nSPS) is 16.5. The molecule has 0 fully saturated rings. The van der Waals surface area contributed by atoms with Gasteiger partial charge in [-0.05, 0) is 60.6 Å². The first-order valence-electron chi connectivity index (χ1n) is 9.73. The number of nitriles is 1. The Hall–Kier alpha value is -2.73. The van der Waals surface area contributed by atoms with E-state index in [0.29, 0.717) is 17.4 Å². The minimum atomic E-state index is 0.175. The number of benzene rings is 2. The molecule has 0 bridgehead atoms. The van der Waals surface area contributed by atoms with Crippen molar-refractivity contribution in [3.63, 3.8) is 0 Å². The molecule has 1 aliphatic heterocycles. The van der Waals surface area contributed by atoms with Crippen LogP contribution < -0.4 is 9.80 Å². The summed E-state index contributed by atoms with van der Waals surface area (Å²) in [4.78, 5) is 4.68. The topological polar surface area (TPSA) is 30.3 Å². The quantitative estimate of drug-likeness (QED) is 0.645. The lowest BCUT2D eigenvalue weighted by molar-refractivity contribution is 0.727. The van der Waals surface area contributed by atoms with Crippen molar-refractivity contribution in [2.45, 2.75) is 59.5 Å². The third-order valence-electron chi connectivity index (χ3n) is 5.40. The van der Waals surface area contributed by atoms with Crippen LogP contribution in [-0.2, 0) is 0 Å². The number of para-hydroxylation sites is 1. The summed E-state index contributed by atoms with van der Waals surface area (Å²) in [6.45, 7) is 13.3. The Balaban J connectivity index is 2.03. The molecule has 2 aromatic rings. The van der Waals surface area contributed by atoms with E-state index >= 15 is 0 Å². The van der Waals surface area contributed by atoms with Crippen molar-refractivity contribution in [2.75, 3.05) is 9.80 Å². The van der Waals surface area contributed by atoms with E-state index in [0.717, 1.165) is 11.3 Å². The van der Waals surface area contributed by atoms with Crippen LogP contribution in [0.4, 0.5) is 11.4 Å². The van der Waals surface area contributed by atoms with Crippen LogP contribution in [0, 0.1) is 18.3 Å². The van der Waals surface area contributed by atoms with E-state index in [1.165, 1.54) is 16.8 Å². The fraction of sp³-hybridized carbons (Fsp3) is 0.375. The van der Waals surface area contributed by atoms with Crippen molar-refractivity contribution < 1.29 is 0 Å². The summed E-state index contributed by atoms with van der Waals surface area (Å²) >= 11 is 0. The minimum absolute atomic E-state index is 0.175. The summed E-state index contributed by atoms with van der Waals surface area (Å²) in [6, 6.07) is 14.8. The van der Waals surface area contributed by atoms with Crippen molar-refractivity contribution in [2.24, 2.45) is 0 Å². The molecule has 0 amide bonds. The SMILES string of the molecule is Cc1cc(C#N)ccc1N1C=CN(c2c(C(C)C)cccc2C(C)C)[C@H]1C. The third-order valence-corrected chi connectivity index (χ3v) is 5.40. The van der Waals surface area contributed by atoms with E-state index in [2.05, 4.69) is 94.1 Å². The van der Waals surface area contributed by atoms with Crippen LogP contribution in [0.5, 0.6) is 0 Å². The molecular formula is C24H29N3. The van der Waals surface area contributed by atoms with Crippen LogP contribution in [0.3, 0.4) is 0 Å². The number of rotatable bonds is 4. The fourth-order valence-electron chi connectivity index (χ4n) is 3.89. The van der Waals surface area contributed by atoms with Crippen molar-refractivity contribution >= 4 is 11.4 Å². The number of anilines is 2. The summed E-state index contributed by atoms with van der Waals surface area (Å²) in [5.41, 5.74) is 7.07. The predicted molar refractivity (Wildman–Crippen MR) is 114 cm³/mol. The molecule has 140 valence electrons. The predicted octanol–water partition coefficient (Wildman–Crippen LogP) is 6.26. The summed E-state index contributed by atoms with van der Waals surface area (Å²) in [5, 5.41) is 9.14. The Morgan fingerprint density at radius 1 is 0.926 bits per heavy atom. The van der Waals surface area contributed by atoms with Crippen LogP contribution in [0.15, 0.2) is 48.8 Å². The molecule has 0 aromatic heterocycles. The Morgan fingerprint density at radius 3 is 2.04 bits per heavy atom. The molecule has 0 saturated heterocycles. The van der Waals surface area contributed by atoms with Crippen molar-refractivity contribution in [1.82, 2.24) is 0 Å². The molecule has 0 saturated carbocycles. The highest BCUT2D eigenvalue weighted by Crippen LogP contribution is 2.39. The monoisotopic (exact) mass is 359 g/mol. The van der Waals surface area contributed by atoms with E-state index in [1.807, 2.05) is 12.1 Å². The van der Waals surface area contributed by atoms with Gasteiger partial charge in [0.25, 0.3) is 0 Å². The molecular weight excluding hydrogens is 330 g/mol. The Labute approximate surface area is 163 Å². The average molecular weight is 360 g/mol. The molecule has 1 atom stereocenters. The lowest BCUT2D eigenvalue weighted by atomic mass is 9.92. The first-order chi connectivity index (χ1) is 12.8. The standard InChI is InChI=1S/C24H29N3/c1-16(2)21-8-7-9-22(17(3)4)24(21)27-13-12-26(19(27)6)23-11-10-20(15-25)14-18(23)5/h7-14,16-17,19H,1-6H3/t19-/m0/s1. The fourth-order valence-corrected chi connectivity index (χ4v) is 3.89. The molecule has 0 aliphatic carbocycles. The average Bonchev–Trinajstić information content (AvgIpc) is 3.01. The molecule has 0 radical (unpaired) electrons. The van der Waals surface area contributed by atoms with Gasteiger partial charge in [0.1, 0.15) is 6.17 Å². The summed E-state index contributed by atoms with van der Waals surface area (Å²) in [5.74, 6) is 0.926. The Morgan fingerprint density at radius 2 is 1.52 bits per heavy atom. The molecule has 2 aromatic carbocycles. The van der Waals surface area contributed by atoms with E-state index in [4.69, 9.17) is 5.26 Å². The number of aryl methyl sites for hydroxylation is 1. The lowest BCUT2D eigenvalue weighted by Gasteiger charge is -2.34. The van der Waals surface area contributed by atoms with Crippen LogP contribution in [0.1, 0.15) is 68.7 Å². The molecule has 0 N–H and O–H groups in total. The third kappa shape index (κ3) is 3.45. The molecule has 3 heteroatoms. The van der Waals surface area contributed by atoms with Gasteiger partial charge < -0.3 is 9.80 Å². The zero-order valence-electron chi connectivity index (χ0n) is 17.2. The van der Waals surface area contributed by atoms with Gasteiger partial charge in [-0.2, -0.15) is 5.26 Å². The maximum atomic E-state index is 9.14. The van der Waals surface area contributed by atoms with Gasteiger partial charge in [0.05, 0.1) is 11.6 Å². The van der Waals surface area contributed by atoms with E-state index in [9.17, 15) is 0 Å². The van der Waals surface area contributed by atoms with E-state index < -0.39 is 0 Å². The maximum Gasteiger partial charge on any atom is 0.107 e. The second-order valence-electron chi connectivity index (χ2n) is 7.95. The van der Waals surface area contributed by atoms with Gasteiger partial charge in [0.15, 0.2) is 0 Å². The Kier molecular flexibility index (Phi) is 5.28. The van der Waals surface area contributed by atoms with Gasteiger partial charge in [-0.15, -0.1) is 0 Å². The second kappa shape index (κ2) is 7.48. The van der Waals surface area contributed by atoms with Gasteiger partial charge >= 0.3 is 0 Å². The van der Waals surface area contributed by atoms with Crippen molar-refractivity contribution in [3.05, 3.63) is 71.1 Å². The molecule has 27 heavy (non-hydrogen) atoms. The summed E-state index contributed by atoms with van der Waals surface area (Å²) in [6.07, 6.45) is 4.52. The molecule has 1 aliphatic rings. The van der Waals surface area contributed by atoms with Crippen molar-refractivity contribution in [3.8, 4) is 6.07 Å². The molecule has 3 rings (SSSR count). The highest BCUT2D eigenvalue weighted by atomic mass is 15.4. The molecule has 0 spiro atoms. The molecule has 1 heterocycles. The Bertz CT molecular complexity index is 876. The highest BCUT2D eigenvalue weighted by molar-refractivity contribution is 5.69. The van der Waals surface area contributed by atoms with Crippen LogP contribution in [0.25, 0.3) is 0 Å². The molecule has 0 unspecified atom stereocenters. The van der Waals surface area contributed by atoms with Gasteiger partial charge in [-0.3, -0.25) is 0 Å². The van der Waals surface area contributed by atoms with Gasteiger partial charge in [0.2, 0.25) is 0 Å². The van der Waals surface area contributed by atoms with Crippen LogP contribution in [-0.4, -0.2) is 6.17 Å². The number of hydrogen-bond acceptors (Lipinski definition) is 3. The van der Waals surface area contributed by atoms with Gasteiger partial charge in [-0.25, -0.2) is 0 Å². The molecule has 3 nitrogen and oxygen atoms in total. The largest absolute Gasteiger partial charge is 0.325 e. The zero-order valence-corrected chi connectivity index (χ0v) is 17.2. The van der Waals surface area contributed by atoms with E-state index in [1.54, 1.807) is 0 Å². The highest BCUT2D eigenvalue weighted by Gasteiger charge is 2.29. The van der Waals surface area contributed by atoms with Crippen LogP contribution >= 0.6 is 0 Å². The van der Waals surface area contributed by atoms with E-state index in [-0.39, 0.29) is 6.17 Å². The van der Waals surface area contributed by atoms with Gasteiger partial charge in [-0.1, -0.05) is 45.9 Å².